The molecule has 0 saturated carbocycles. The van der Waals surface area contributed by atoms with Crippen LogP contribution in [0.25, 0.3) is 51.2 Å². The molecular formula is C32H27ClN14. The van der Waals surface area contributed by atoms with Gasteiger partial charge in [-0.2, -0.15) is 20.4 Å². The zero-order chi connectivity index (χ0) is 32.4. The van der Waals surface area contributed by atoms with Gasteiger partial charge in [0.25, 0.3) is 0 Å². The summed E-state index contributed by atoms with van der Waals surface area (Å²) in [5.41, 5.74) is 7.43. The number of rotatable bonds is 5. The quantitative estimate of drug-likeness (QED) is 0.249. The van der Waals surface area contributed by atoms with Crippen LogP contribution < -0.4 is 0 Å². The van der Waals surface area contributed by atoms with Crippen LogP contribution in [0, 0.1) is 0 Å². The van der Waals surface area contributed by atoms with E-state index in [0.717, 1.165) is 45.3 Å². The SMILES string of the molecule is Clc1ncccn1.Cn1nc(-c2cccnc2)cc1-c1ccn(-c2ncccn2)n1.Cn1nc(-c2cccnc2)cc1-c1ccn[nH]1. The van der Waals surface area contributed by atoms with Gasteiger partial charge in [-0.1, -0.05) is 0 Å². The predicted molar refractivity (Wildman–Crippen MR) is 176 cm³/mol. The minimum absolute atomic E-state index is 0.294. The maximum Gasteiger partial charge on any atom is 0.250 e. The minimum atomic E-state index is 0.294. The van der Waals surface area contributed by atoms with Crippen molar-refractivity contribution in [3.05, 3.63) is 128 Å². The summed E-state index contributed by atoms with van der Waals surface area (Å²) in [7, 11) is 3.81. The number of nitrogens with one attached hydrogen (secondary N) is 1. The Morgan fingerprint density at radius 2 is 1.19 bits per heavy atom. The van der Waals surface area contributed by atoms with Gasteiger partial charge in [0.2, 0.25) is 11.2 Å². The number of aryl methyl sites for hydroxylation is 2. The predicted octanol–water partition coefficient (Wildman–Crippen LogP) is 5.13. The van der Waals surface area contributed by atoms with Crippen LogP contribution in [-0.4, -0.2) is 69.4 Å². The van der Waals surface area contributed by atoms with Crippen LogP contribution in [0.2, 0.25) is 5.28 Å². The average Bonchev–Trinajstić information content (AvgIpc) is 3.95. The van der Waals surface area contributed by atoms with Crippen molar-refractivity contribution in [2.45, 2.75) is 0 Å². The molecule has 47 heavy (non-hydrogen) atoms. The molecule has 0 spiro atoms. The maximum atomic E-state index is 5.32. The van der Waals surface area contributed by atoms with Gasteiger partial charge in [-0.15, -0.1) is 0 Å². The molecule has 14 nitrogen and oxygen atoms in total. The molecule has 1 N–H and O–H groups in total. The highest BCUT2D eigenvalue weighted by Crippen LogP contribution is 2.25. The summed E-state index contributed by atoms with van der Waals surface area (Å²) in [4.78, 5) is 23.9. The summed E-state index contributed by atoms with van der Waals surface area (Å²) in [6.45, 7) is 0. The van der Waals surface area contributed by atoms with E-state index in [1.807, 2.05) is 73.5 Å². The van der Waals surface area contributed by atoms with Crippen molar-refractivity contribution in [1.82, 2.24) is 69.4 Å². The Morgan fingerprint density at radius 1 is 0.596 bits per heavy atom. The molecule has 0 aliphatic heterocycles. The van der Waals surface area contributed by atoms with E-state index < -0.39 is 0 Å². The molecule has 15 heteroatoms. The van der Waals surface area contributed by atoms with Crippen LogP contribution in [0.3, 0.4) is 0 Å². The highest BCUT2D eigenvalue weighted by molar-refractivity contribution is 6.28. The molecule has 8 heterocycles. The first-order valence-electron chi connectivity index (χ1n) is 14.2. The summed E-state index contributed by atoms with van der Waals surface area (Å²) >= 11 is 5.32. The smallest absolute Gasteiger partial charge is 0.250 e. The fraction of sp³-hybridized carbons (Fsp3) is 0.0625. The van der Waals surface area contributed by atoms with Crippen LogP contribution in [-0.2, 0) is 14.1 Å². The van der Waals surface area contributed by atoms with Gasteiger partial charge in [0.15, 0.2) is 0 Å². The molecule has 0 aromatic carbocycles. The number of pyridine rings is 2. The van der Waals surface area contributed by atoms with E-state index in [1.54, 1.807) is 77.3 Å². The monoisotopic (exact) mass is 642 g/mol. The lowest BCUT2D eigenvalue weighted by atomic mass is 10.2. The summed E-state index contributed by atoms with van der Waals surface area (Å²) in [6, 6.07) is 19.1. The number of halogens is 1. The Balaban J connectivity index is 0.000000141. The molecule has 0 aliphatic rings. The Bertz CT molecular complexity index is 2110. The third-order valence-corrected chi connectivity index (χ3v) is 6.79. The Morgan fingerprint density at radius 3 is 1.72 bits per heavy atom. The molecule has 8 rings (SSSR count). The van der Waals surface area contributed by atoms with Gasteiger partial charge in [0.1, 0.15) is 5.69 Å². The van der Waals surface area contributed by atoms with Crippen molar-refractivity contribution < 1.29 is 0 Å². The first-order chi connectivity index (χ1) is 23.0. The van der Waals surface area contributed by atoms with Gasteiger partial charge >= 0.3 is 0 Å². The molecule has 8 aromatic heterocycles. The van der Waals surface area contributed by atoms with Crippen molar-refractivity contribution in [2.24, 2.45) is 14.1 Å². The third kappa shape index (κ3) is 7.64. The maximum absolute atomic E-state index is 5.32. The number of aromatic nitrogens is 14. The summed E-state index contributed by atoms with van der Waals surface area (Å²) < 4.78 is 5.28. The van der Waals surface area contributed by atoms with Gasteiger partial charge in [-0.05, 0) is 72.3 Å². The lowest BCUT2D eigenvalue weighted by Crippen LogP contribution is -2.01. The Labute approximate surface area is 273 Å². The average molecular weight is 643 g/mol. The first-order valence-corrected chi connectivity index (χ1v) is 14.6. The van der Waals surface area contributed by atoms with Crippen molar-refractivity contribution in [3.63, 3.8) is 0 Å². The van der Waals surface area contributed by atoms with Crippen LogP contribution >= 0.6 is 11.6 Å². The third-order valence-electron chi connectivity index (χ3n) is 6.59. The standard InChI is InChI=1S/C16H13N7.C12H11N5.C4H3ClN2/c1-22-15(10-14(20-22)12-4-2-6-17-11-12)13-5-9-23(21-13)16-18-7-3-8-19-16;1-17-12(10-4-6-14-15-10)7-11(16-17)9-3-2-5-13-8-9;5-4-6-2-1-3-7-4/h2-11H,1H3;2-8H,1H3,(H,14,15);1-3H. The van der Waals surface area contributed by atoms with Crippen LogP contribution in [0.15, 0.2) is 123 Å². The number of hydrogen-bond donors (Lipinski definition) is 1. The summed E-state index contributed by atoms with van der Waals surface area (Å²) in [6.07, 6.45) is 17.2. The van der Waals surface area contributed by atoms with Crippen molar-refractivity contribution >= 4 is 11.6 Å². The van der Waals surface area contributed by atoms with E-state index in [0.29, 0.717) is 11.2 Å². The lowest BCUT2D eigenvalue weighted by Gasteiger charge is -1.98. The Hall–Kier alpha value is -6.41. The van der Waals surface area contributed by atoms with E-state index in [4.69, 9.17) is 11.6 Å². The van der Waals surface area contributed by atoms with Crippen molar-refractivity contribution in [1.29, 1.82) is 0 Å². The molecule has 232 valence electrons. The van der Waals surface area contributed by atoms with E-state index in [-0.39, 0.29) is 0 Å². The second kappa shape index (κ2) is 14.6. The van der Waals surface area contributed by atoms with E-state index in [2.05, 4.69) is 55.4 Å². The topological polar surface area (TPSA) is 159 Å². The molecule has 0 radical (unpaired) electrons. The second-order valence-electron chi connectivity index (χ2n) is 9.74. The summed E-state index contributed by atoms with van der Waals surface area (Å²) in [5, 5.41) is 20.7. The van der Waals surface area contributed by atoms with Crippen LogP contribution in [0.4, 0.5) is 0 Å². The highest BCUT2D eigenvalue weighted by Gasteiger charge is 2.13. The zero-order valence-electron chi connectivity index (χ0n) is 25.2. The number of hydrogen-bond acceptors (Lipinski definition) is 10. The number of aromatic amines is 1. The lowest BCUT2D eigenvalue weighted by molar-refractivity contribution is 0.766. The van der Waals surface area contributed by atoms with E-state index in [1.165, 1.54) is 0 Å². The molecule has 0 bridgehead atoms. The van der Waals surface area contributed by atoms with Crippen LogP contribution in [0.5, 0.6) is 0 Å². The van der Waals surface area contributed by atoms with Crippen molar-refractivity contribution in [3.8, 4) is 51.2 Å². The second-order valence-corrected chi connectivity index (χ2v) is 10.1. The van der Waals surface area contributed by atoms with E-state index >= 15 is 0 Å². The molecule has 0 fully saturated rings. The first kappa shape index (κ1) is 30.6. The molecule has 0 atom stereocenters. The molecule has 0 amide bonds. The van der Waals surface area contributed by atoms with Crippen LogP contribution in [0.1, 0.15) is 0 Å². The van der Waals surface area contributed by atoms with Crippen molar-refractivity contribution in [2.75, 3.05) is 0 Å². The number of nitrogens with zero attached hydrogens (tertiary/aromatic N) is 13. The fourth-order valence-corrected chi connectivity index (χ4v) is 4.51. The van der Waals surface area contributed by atoms with Gasteiger partial charge in [-0.25, -0.2) is 24.6 Å². The largest absolute Gasteiger partial charge is 0.276 e. The molecule has 0 aliphatic carbocycles. The Kier molecular flexibility index (Phi) is 9.50. The van der Waals surface area contributed by atoms with Gasteiger partial charge < -0.3 is 0 Å². The van der Waals surface area contributed by atoms with Gasteiger partial charge in [0.05, 0.1) is 28.5 Å². The molecular weight excluding hydrogens is 616 g/mol. The molecule has 0 saturated heterocycles. The van der Waals surface area contributed by atoms with E-state index in [9.17, 15) is 0 Å². The number of H-pyrrole nitrogens is 1. The fourth-order valence-electron chi connectivity index (χ4n) is 4.40. The molecule has 0 unspecified atom stereocenters. The summed E-state index contributed by atoms with van der Waals surface area (Å²) in [5.74, 6) is 0.536. The zero-order valence-corrected chi connectivity index (χ0v) is 26.0. The normalized spacial score (nSPS) is 10.4. The molecule has 8 aromatic rings. The minimum Gasteiger partial charge on any atom is -0.276 e. The van der Waals surface area contributed by atoms with Gasteiger partial charge in [0, 0.05) is 87.2 Å². The highest BCUT2D eigenvalue weighted by atomic mass is 35.5. The van der Waals surface area contributed by atoms with Gasteiger partial charge in [-0.3, -0.25) is 24.4 Å².